The van der Waals surface area contributed by atoms with Crippen LogP contribution in [0.3, 0.4) is 0 Å². The van der Waals surface area contributed by atoms with Crippen molar-refractivity contribution in [2.24, 2.45) is 5.10 Å². The van der Waals surface area contributed by atoms with Crippen molar-refractivity contribution in [1.82, 2.24) is 10.3 Å². The quantitative estimate of drug-likeness (QED) is 0.657. The molecular formula is C10H8BrN3O2. The maximum absolute atomic E-state index is 11.1. The van der Waals surface area contributed by atoms with E-state index in [0.717, 1.165) is 15.0 Å². The standard InChI is InChI=1S/C10H8BrN3O2/c11-8-3-1-2-7(4-8)5-12-14-6-9(15)13-10(14)16/h1-5H,6H2,(H,13,15,16)/b12-5+. The predicted molar refractivity (Wildman–Crippen MR) is 62.0 cm³/mol. The number of benzene rings is 1. The van der Waals surface area contributed by atoms with Gasteiger partial charge in [0.05, 0.1) is 6.21 Å². The molecule has 0 unspecified atom stereocenters. The van der Waals surface area contributed by atoms with Crippen LogP contribution in [-0.4, -0.2) is 29.7 Å². The number of carbonyl (C=O) groups excluding carboxylic acids is 2. The van der Waals surface area contributed by atoms with Gasteiger partial charge < -0.3 is 0 Å². The second kappa shape index (κ2) is 4.44. The predicted octanol–water partition coefficient (Wildman–Crippen LogP) is 1.33. The van der Waals surface area contributed by atoms with Crippen molar-refractivity contribution >= 4 is 34.1 Å². The van der Waals surface area contributed by atoms with Crippen molar-refractivity contribution in [1.29, 1.82) is 0 Å². The Labute approximate surface area is 100 Å². The monoisotopic (exact) mass is 281 g/mol. The summed E-state index contributed by atoms with van der Waals surface area (Å²) in [6.07, 6.45) is 1.53. The third-order valence-electron chi connectivity index (χ3n) is 1.97. The van der Waals surface area contributed by atoms with Crippen molar-refractivity contribution in [3.63, 3.8) is 0 Å². The van der Waals surface area contributed by atoms with E-state index >= 15 is 0 Å². The molecule has 1 fully saturated rings. The topological polar surface area (TPSA) is 61.8 Å². The van der Waals surface area contributed by atoms with Crippen molar-refractivity contribution in [2.45, 2.75) is 0 Å². The van der Waals surface area contributed by atoms with Crippen LogP contribution in [0.25, 0.3) is 0 Å². The van der Waals surface area contributed by atoms with E-state index < -0.39 is 6.03 Å². The van der Waals surface area contributed by atoms with Crippen molar-refractivity contribution in [3.05, 3.63) is 34.3 Å². The molecule has 1 heterocycles. The average molecular weight is 282 g/mol. The van der Waals surface area contributed by atoms with Crippen LogP contribution in [0.1, 0.15) is 5.56 Å². The summed E-state index contributed by atoms with van der Waals surface area (Å²) in [5.41, 5.74) is 0.849. The van der Waals surface area contributed by atoms with Crippen LogP contribution in [0.2, 0.25) is 0 Å². The van der Waals surface area contributed by atoms with Gasteiger partial charge in [0, 0.05) is 4.47 Å². The van der Waals surface area contributed by atoms with Crippen LogP contribution < -0.4 is 5.32 Å². The van der Waals surface area contributed by atoms with Crippen LogP contribution in [0.4, 0.5) is 4.79 Å². The van der Waals surface area contributed by atoms with Gasteiger partial charge in [-0.05, 0) is 17.7 Å². The number of nitrogens with zero attached hydrogens (tertiary/aromatic N) is 2. The summed E-state index contributed by atoms with van der Waals surface area (Å²) in [5.74, 6) is -0.337. The zero-order valence-electron chi connectivity index (χ0n) is 8.18. The molecule has 0 radical (unpaired) electrons. The van der Waals surface area contributed by atoms with E-state index in [1.807, 2.05) is 24.3 Å². The zero-order valence-corrected chi connectivity index (χ0v) is 9.77. The lowest BCUT2D eigenvalue weighted by Crippen LogP contribution is -2.24. The number of amides is 3. The highest BCUT2D eigenvalue weighted by atomic mass is 79.9. The number of hydrazone groups is 1. The third-order valence-corrected chi connectivity index (χ3v) is 2.46. The molecule has 16 heavy (non-hydrogen) atoms. The summed E-state index contributed by atoms with van der Waals surface area (Å²) >= 11 is 3.33. The second-order valence-electron chi connectivity index (χ2n) is 3.21. The fourth-order valence-electron chi connectivity index (χ4n) is 1.25. The maximum atomic E-state index is 11.1. The van der Waals surface area contributed by atoms with Gasteiger partial charge in [0.15, 0.2) is 0 Å². The van der Waals surface area contributed by atoms with Gasteiger partial charge in [0.25, 0.3) is 0 Å². The molecule has 0 spiro atoms. The SMILES string of the molecule is O=C1CN(/N=C/c2cccc(Br)c2)C(=O)N1. The molecule has 1 aliphatic rings. The first-order chi connectivity index (χ1) is 7.65. The summed E-state index contributed by atoms with van der Waals surface area (Å²) in [4.78, 5) is 22.0. The zero-order chi connectivity index (χ0) is 11.5. The minimum absolute atomic E-state index is 0.0245. The molecule has 1 saturated heterocycles. The average Bonchev–Trinajstić information content (AvgIpc) is 2.54. The molecular weight excluding hydrogens is 274 g/mol. The fraction of sp³-hybridized carbons (Fsp3) is 0.100. The second-order valence-corrected chi connectivity index (χ2v) is 4.13. The molecule has 6 heteroatoms. The molecule has 2 rings (SSSR count). The van der Waals surface area contributed by atoms with E-state index in [0.29, 0.717) is 0 Å². The third kappa shape index (κ3) is 2.46. The van der Waals surface area contributed by atoms with E-state index in [2.05, 4.69) is 26.3 Å². The Bertz CT molecular complexity index is 473. The molecule has 82 valence electrons. The minimum atomic E-state index is -0.490. The van der Waals surface area contributed by atoms with E-state index in [9.17, 15) is 9.59 Å². The molecule has 1 aliphatic heterocycles. The smallest absolute Gasteiger partial charge is 0.275 e. The van der Waals surface area contributed by atoms with Crippen LogP contribution in [0.15, 0.2) is 33.8 Å². The number of imide groups is 1. The largest absolute Gasteiger partial charge is 0.344 e. The van der Waals surface area contributed by atoms with E-state index in [1.54, 1.807) is 0 Å². The number of rotatable bonds is 2. The number of halogens is 1. The summed E-state index contributed by atoms with van der Waals surface area (Å²) < 4.78 is 0.929. The minimum Gasteiger partial charge on any atom is -0.275 e. The first-order valence-corrected chi connectivity index (χ1v) is 5.35. The molecule has 0 aromatic heterocycles. The van der Waals surface area contributed by atoms with Gasteiger partial charge in [-0.3, -0.25) is 10.1 Å². The van der Waals surface area contributed by atoms with Crippen molar-refractivity contribution in [2.75, 3.05) is 6.54 Å². The van der Waals surface area contributed by atoms with Gasteiger partial charge >= 0.3 is 6.03 Å². The molecule has 0 atom stereocenters. The normalized spacial score (nSPS) is 15.9. The van der Waals surface area contributed by atoms with Crippen LogP contribution in [0, 0.1) is 0 Å². The molecule has 0 saturated carbocycles. The Hall–Kier alpha value is -1.69. The van der Waals surface area contributed by atoms with Crippen molar-refractivity contribution in [3.8, 4) is 0 Å². The first-order valence-electron chi connectivity index (χ1n) is 4.56. The number of urea groups is 1. The van der Waals surface area contributed by atoms with Gasteiger partial charge in [0.2, 0.25) is 5.91 Å². The highest BCUT2D eigenvalue weighted by Gasteiger charge is 2.25. The molecule has 1 aromatic carbocycles. The molecule has 0 aliphatic carbocycles. The summed E-state index contributed by atoms with van der Waals surface area (Å²) in [5, 5.41) is 7.15. The van der Waals surface area contributed by atoms with Gasteiger partial charge in [0.1, 0.15) is 6.54 Å². The van der Waals surface area contributed by atoms with Gasteiger partial charge in [-0.1, -0.05) is 28.1 Å². The van der Waals surface area contributed by atoms with E-state index in [1.165, 1.54) is 6.21 Å². The lowest BCUT2D eigenvalue weighted by atomic mass is 10.2. The van der Waals surface area contributed by atoms with Gasteiger partial charge in [-0.25, -0.2) is 9.80 Å². The lowest BCUT2D eigenvalue weighted by molar-refractivity contribution is -0.118. The number of hydrogen-bond donors (Lipinski definition) is 1. The molecule has 0 bridgehead atoms. The Morgan fingerprint density at radius 3 is 2.88 bits per heavy atom. The number of hydrogen-bond acceptors (Lipinski definition) is 3. The highest BCUT2D eigenvalue weighted by Crippen LogP contribution is 2.10. The van der Waals surface area contributed by atoms with Crippen LogP contribution in [0.5, 0.6) is 0 Å². The van der Waals surface area contributed by atoms with Gasteiger partial charge in [-0.15, -0.1) is 0 Å². The van der Waals surface area contributed by atoms with Crippen LogP contribution >= 0.6 is 15.9 Å². The van der Waals surface area contributed by atoms with E-state index in [4.69, 9.17) is 0 Å². The van der Waals surface area contributed by atoms with Crippen LogP contribution in [-0.2, 0) is 4.79 Å². The van der Waals surface area contributed by atoms with Crippen molar-refractivity contribution < 1.29 is 9.59 Å². The maximum Gasteiger partial charge on any atom is 0.344 e. The lowest BCUT2D eigenvalue weighted by Gasteiger charge is -2.03. The Balaban J connectivity index is 2.10. The van der Waals surface area contributed by atoms with Gasteiger partial charge in [-0.2, -0.15) is 5.10 Å². The molecule has 5 nitrogen and oxygen atoms in total. The fourth-order valence-corrected chi connectivity index (χ4v) is 1.66. The number of carbonyl (C=O) groups is 2. The molecule has 3 amide bonds. The summed E-state index contributed by atoms with van der Waals surface area (Å²) in [6, 6.07) is 6.98. The summed E-state index contributed by atoms with van der Waals surface area (Å²) in [7, 11) is 0. The Morgan fingerprint density at radius 1 is 1.44 bits per heavy atom. The molecule has 1 N–H and O–H groups in total. The molecule has 1 aromatic rings. The number of nitrogens with one attached hydrogen (secondary N) is 1. The Kier molecular flexibility index (Phi) is 3.00. The summed E-state index contributed by atoms with van der Waals surface area (Å²) in [6.45, 7) is -0.0245. The highest BCUT2D eigenvalue weighted by molar-refractivity contribution is 9.10. The van der Waals surface area contributed by atoms with E-state index in [-0.39, 0.29) is 12.5 Å². The Morgan fingerprint density at radius 2 is 2.25 bits per heavy atom. The first kappa shape index (κ1) is 10.8.